The molecule has 0 bridgehead atoms. The highest BCUT2D eigenvalue weighted by Gasteiger charge is 2.07. The molecule has 1 nitrogen and oxygen atoms in total. The first kappa shape index (κ1) is 10.0. The Labute approximate surface area is 89.1 Å². The molecule has 1 aromatic rings. The van der Waals surface area contributed by atoms with Crippen LogP contribution in [0.15, 0.2) is 12.1 Å². The van der Waals surface area contributed by atoms with E-state index in [1.807, 2.05) is 12.1 Å². The summed E-state index contributed by atoms with van der Waals surface area (Å²) >= 11 is 10.6. The lowest BCUT2D eigenvalue weighted by atomic mass is 10.1. The third-order valence-electron chi connectivity index (χ3n) is 1.45. The molecule has 0 fully saturated rings. The second-order valence-corrected chi connectivity index (χ2v) is 4.84. The third-order valence-corrected chi connectivity index (χ3v) is 3.48. The fourth-order valence-corrected chi connectivity index (χ4v) is 2.38. The zero-order chi connectivity index (χ0) is 8.97. The van der Waals surface area contributed by atoms with E-state index in [1.165, 1.54) is 4.88 Å². The van der Waals surface area contributed by atoms with Crippen molar-refractivity contribution in [2.24, 2.45) is 5.92 Å². The van der Waals surface area contributed by atoms with Crippen LogP contribution in [-0.4, -0.2) is 5.33 Å². The van der Waals surface area contributed by atoms with E-state index in [4.69, 9.17) is 16.9 Å². The minimum absolute atomic E-state index is 0.0553. The van der Waals surface area contributed by atoms with Crippen molar-refractivity contribution in [3.63, 3.8) is 0 Å². The highest BCUT2D eigenvalue weighted by atomic mass is 79.9. The molecule has 0 spiro atoms. The fourth-order valence-electron chi connectivity index (χ4n) is 0.839. The van der Waals surface area contributed by atoms with Crippen molar-refractivity contribution in [2.75, 3.05) is 5.33 Å². The molecule has 0 aliphatic heterocycles. The van der Waals surface area contributed by atoms with Gasteiger partial charge in [-0.1, -0.05) is 27.5 Å². The topological polar surface area (TPSA) is 23.8 Å². The molecule has 0 aliphatic carbocycles. The highest BCUT2D eigenvalue weighted by Crippen LogP contribution is 2.24. The smallest absolute Gasteiger partial charge is 0.0931 e. The van der Waals surface area contributed by atoms with E-state index in [9.17, 15) is 0 Å². The molecule has 0 aromatic carbocycles. The van der Waals surface area contributed by atoms with Gasteiger partial charge >= 0.3 is 0 Å². The summed E-state index contributed by atoms with van der Waals surface area (Å²) in [5.41, 5.74) is 0. The van der Waals surface area contributed by atoms with Crippen LogP contribution in [0.1, 0.15) is 4.88 Å². The predicted molar refractivity (Wildman–Crippen MR) is 55.9 cm³/mol. The van der Waals surface area contributed by atoms with Crippen molar-refractivity contribution in [2.45, 2.75) is 6.42 Å². The first-order chi connectivity index (χ1) is 5.76. The first-order valence-corrected chi connectivity index (χ1v) is 5.77. The van der Waals surface area contributed by atoms with E-state index in [2.05, 4.69) is 22.0 Å². The Balaban J connectivity index is 2.58. The van der Waals surface area contributed by atoms with Gasteiger partial charge in [0.25, 0.3) is 0 Å². The van der Waals surface area contributed by atoms with Crippen LogP contribution in [0.4, 0.5) is 0 Å². The zero-order valence-corrected chi connectivity index (χ0v) is 9.42. The summed E-state index contributed by atoms with van der Waals surface area (Å²) < 4.78 is 0.788. The van der Waals surface area contributed by atoms with Gasteiger partial charge in [0.2, 0.25) is 0 Å². The summed E-state index contributed by atoms with van der Waals surface area (Å²) in [6.07, 6.45) is 0.791. The van der Waals surface area contributed by atoms with E-state index in [0.717, 1.165) is 16.1 Å². The predicted octanol–water partition coefficient (Wildman–Crippen LogP) is 3.48. The zero-order valence-electron chi connectivity index (χ0n) is 6.26. The lowest BCUT2D eigenvalue weighted by molar-refractivity contribution is 0.766. The van der Waals surface area contributed by atoms with Gasteiger partial charge in [-0.05, 0) is 18.6 Å². The van der Waals surface area contributed by atoms with E-state index < -0.39 is 0 Å². The lowest BCUT2D eigenvalue weighted by Crippen LogP contribution is -2.00. The van der Waals surface area contributed by atoms with Gasteiger partial charge in [0.05, 0.1) is 16.3 Å². The van der Waals surface area contributed by atoms with Crippen LogP contribution in [0.5, 0.6) is 0 Å². The van der Waals surface area contributed by atoms with Gasteiger partial charge in [-0.3, -0.25) is 0 Å². The third kappa shape index (κ3) is 2.78. The van der Waals surface area contributed by atoms with Crippen molar-refractivity contribution >= 4 is 38.9 Å². The van der Waals surface area contributed by atoms with Crippen LogP contribution < -0.4 is 0 Å². The summed E-state index contributed by atoms with van der Waals surface area (Å²) in [7, 11) is 0. The van der Waals surface area contributed by atoms with Gasteiger partial charge in [-0.15, -0.1) is 11.3 Å². The second-order valence-electron chi connectivity index (χ2n) is 2.39. The van der Waals surface area contributed by atoms with Crippen molar-refractivity contribution in [3.8, 4) is 6.07 Å². The van der Waals surface area contributed by atoms with E-state index in [1.54, 1.807) is 11.3 Å². The van der Waals surface area contributed by atoms with Crippen molar-refractivity contribution in [1.82, 2.24) is 0 Å². The largest absolute Gasteiger partial charge is 0.198 e. The summed E-state index contributed by atoms with van der Waals surface area (Å²) in [5.74, 6) is 0.0553. The Kier molecular flexibility index (Phi) is 4.07. The Morgan fingerprint density at radius 2 is 2.42 bits per heavy atom. The number of rotatable bonds is 3. The van der Waals surface area contributed by atoms with Crippen LogP contribution in [0.2, 0.25) is 4.34 Å². The minimum atomic E-state index is 0.0553. The van der Waals surface area contributed by atoms with E-state index in [-0.39, 0.29) is 5.92 Å². The van der Waals surface area contributed by atoms with Gasteiger partial charge < -0.3 is 0 Å². The number of hydrogen-bond acceptors (Lipinski definition) is 2. The molecule has 1 heterocycles. The second kappa shape index (κ2) is 4.86. The fraction of sp³-hybridized carbons (Fsp3) is 0.375. The SMILES string of the molecule is N#CC(CBr)Cc1ccc(Cl)s1. The van der Waals surface area contributed by atoms with Crippen molar-refractivity contribution in [1.29, 1.82) is 5.26 Å². The van der Waals surface area contributed by atoms with E-state index in [0.29, 0.717) is 0 Å². The molecule has 0 N–H and O–H groups in total. The van der Waals surface area contributed by atoms with Gasteiger partial charge in [0, 0.05) is 10.2 Å². The van der Waals surface area contributed by atoms with Crippen molar-refractivity contribution in [3.05, 3.63) is 21.3 Å². The first-order valence-electron chi connectivity index (χ1n) is 3.46. The maximum Gasteiger partial charge on any atom is 0.0931 e. The number of halogens is 2. The quantitative estimate of drug-likeness (QED) is 0.767. The van der Waals surface area contributed by atoms with Gasteiger partial charge in [0.15, 0.2) is 0 Å². The van der Waals surface area contributed by atoms with Crippen LogP contribution in [0.25, 0.3) is 0 Å². The standard InChI is InChI=1S/C8H7BrClNS/c9-4-6(5-11)3-7-1-2-8(10)12-7/h1-2,6H,3-4H2. The summed E-state index contributed by atoms with van der Waals surface area (Å²) in [5, 5.41) is 9.41. The summed E-state index contributed by atoms with van der Waals surface area (Å²) in [4.78, 5) is 1.17. The van der Waals surface area contributed by atoms with Gasteiger partial charge in [-0.2, -0.15) is 5.26 Å². The molecule has 0 aliphatic rings. The number of alkyl halides is 1. The number of thiophene rings is 1. The Bertz CT molecular complexity index is 291. The van der Waals surface area contributed by atoms with Gasteiger partial charge in [-0.25, -0.2) is 0 Å². The van der Waals surface area contributed by atoms with Gasteiger partial charge in [0.1, 0.15) is 0 Å². The van der Waals surface area contributed by atoms with Crippen molar-refractivity contribution < 1.29 is 0 Å². The number of hydrogen-bond donors (Lipinski definition) is 0. The average molecular weight is 265 g/mol. The molecule has 0 saturated heterocycles. The molecule has 0 radical (unpaired) electrons. The molecule has 0 amide bonds. The average Bonchev–Trinajstić information content (AvgIpc) is 2.47. The number of nitriles is 1. The molecule has 1 rings (SSSR count). The minimum Gasteiger partial charge on any atom is -0.198 e. The van der Waals surface area contributed by atoms with Crippen LogP contribution in [0, 0.1) is 17.2 Å². The summed E-state index contributed by atoms with van der Waals surface area (Å²) in [6.45, 7) is 0. The molecular weight excluding hydrogens is 258 g/mol. The molecular formula is C8H7BrClNS. The lowest BCUT2D eigenvalue weighted by Gasteiger charge is -2.00. The Hall–Kier alpha value is -0.0400. The molecule has 0 saturated carbocycles. The highest BCUT2D eigenvalue weighted by molar-refractivity contribution is 9.09. The molecule has 64 valence electrons. The molecule has 1 aromatic heterocycles. The normalized spacial score (nSPS) is 12.4. The van der Waals surface area contributed by atoms with Crippen LogP contribution in [-0.2, 0) is 6.42 Å². The molecule has 1 atom stereocenters. The monoisotopic (exact) mass is 263 g/mol. The van der Waals surface area contributed by atoms with E-state index >= 15 is 0 Å². The maximum absolute atomic E-state index is 8.69. The Morgan fingerprint density at radius 3 is 2.83 bits per heavy atom. The Morgan fingerprint density at radius 1 is 1.67 bits per heavy atom. The van der Waals surface area contributed by atoms with Crippen LogP contribution >= 0.6 is 38.9 Å². The van der Waals surface area contributed by atoms with Crippen LogP contribution in [0.3, 0.4) is 0 Å². The maximum atomic E-state index is 8.69. The molecule has 4 heteroatoms. The molecule has 12 heavy (non-hydrogen) atoms. The number of nitrogens with zero attached hydrogens (tertiary/aromatic N) is 1. The summed E-state index contributed by atoms with van der Waals surface area (Å²) in [6, 6.07) is 6.06. The molecule has 1 unspecified atom stereocenters.